The molecule has 0 spiro atoms. The molecule has 0 unspecified atom stereocenters. The van der Waals surface area contributed by atoms with Gasteiger partial charge in [0.05, 0.1) is 19.0 Å². The Balaban J connectivity index is 1.86. The molecule has 0 radical (unpaired) electrons. The smallest absolute Gasteiger partial charge is 0.307 e. The Hall–Kier alpha value is -2.47. The molecule has 2 heterocycles. The first kappa shape index (κ1) is 15.4. The minimum absolute atomic E-state index is 0.0561. The number of esters is 1. The highest BCUT2D eigenvalue weighted by Gasteiger charge is 2.32. The zero-order valence-corrected chi connectivity index (χ0v) is 13.0. The van der Waals surface area contributed by atoms with E-state index in [4.69, 9.17) is 4.74 Å². The fourth-order valence-electron chi connectivity index (χ4n) is 2.93. The van der Waals surface area contributed by atoms with Crippen LogP contribution in [0.1, 0.15) is 12.0 Å². The molecule has 6 heteroatoms. The number of rotatable bonds is 4. The molecular weight excluding hydrogens is 294 g/mol. The van der Waals surface area contributed by atoms with Crippen molar-refractivity contribution in [3.8, 4) is 0 Å². The third-order valence-corrected chi connectivity index (χ3v) is 4.12. The predicted molar refractivity (Wildman–Crippen MR) is 85.6 cm³/mol. The molecule has 1 atom stereocenters. The summed E-state index contributed by atoms with van der Waals surface area (Å²) < 4.78 is 4.71. The highest BCUT2D eigenvalue weighted by molar-refractivity contribution is 5.87. The number of ether oxygens (including phenoxy) is 1. The Kier molecular flexibility index (Phi) is 4.52. The second kappa shape index (κ2) is 6.75. The number of nitrogens with one attached hydrogen (secondary N) is 1. The molecule has 1 amide bonds. The van der Waals surface area contributed by atoms with E-state index in [-0.39, 0.29) is 18.3 Å². The number of piperazine rings is 1. The molecule has 1 aromatic carbocycles. The van der Waals surface area contributed by atoms with Gasteiger partial charge in [0.25, 0.3) is 0 Å². The van der Waals surface area contributed by atoms with Crippen molar-refractivity contribution < 1.29 is 14.3 Å². The lowest BCUT2D eigenvalue weighted by molar-refractivity contribution is -0.146. The predicted octanol–water partition coefficient (Wildman–Crippen LogP) is 1.10. The van der Waals surface area contributed by atoms with Crippen molar-refractivity contribution in [2.75, 3.05) is 20.2 Å². The summed E-state index contributed by atoms with van der Waals surface area (Å²) in [6.45, 7) is 1.84. The Morgan fingerprint density at radius 3 is 3.04 bits per heavy atom. The van der Waals surface area contributed by atoms with Crippen LogP contribution >= 0.6 is 0 Å². The van der Waals surface area contributed by atoms with E-state index in [1.54, 1.807) is 6.20 Å². The molecule has 0 saturated carbocycles. The number of amides is 1. The van der Waals surface area contributed by atoms with Crippen LogP contribution in [0.25, 0.3) is 10.9 Å². The quantitative estimate of drug-likeness (QED) is 0.856. The summed E-state index contributed by atoms with van der Waals surface area (Å²) in [5.74, 6) is -0.511. The Morgan fingerprint density at radius 1 is 1.39 bits per heavy atom. The fraction of sp³-hybridized carbons (Fsp3) is 0.353. The molecule has 1 aromatic heterocycles. The number of nitrogens with zero attached hydrogens (tertiary/aromatic N) is 2. The number of carbonyl (C=O) groups excluding carboxylic acids is 2. The van der Waals surface area contributed by atoms with E-state index in [9.17, 15) is 9.59 Å². The average Bonchev–Trinajstić information content (AvgIpc) is 2.58. The molecule has 1 N–H and O–H groups in total. The number of hydrogen-bond donors (Lipinski definition) is 1. The minimum Gasteiger partial charge on any atom is -0.469 e. The topological polar surface area (TPSA) is 71.5 Å². The third kappa shape index (κ3) is 3.32. The molecule has 1 fully saturated rings. The van der Waals surface area contributed by atoms with Crippen LogP contribution in [0, 0.1) is 0 Å². The number of aromatic nitrogens is 1. The van der Waals surface area contributed by atoms with Gasteiger partial charge in [0.2, 0.25) is 5.91 Å². The van der Waals surface area contributed by atoms with Crippen LogP contribution in [0.5, 0.6) is 0 Å². The highest BCUT2D eigenvalue weighted by Crippen LogP contribution is 2.20. The van der Waals surface area contributed by atoms with Gasteiger partial charge in [-0.2, -0.15) is 0 Å². The van der Waals surface area contributed by atoms with Gasteiger partial charge in [-0.25, -0.2) is 0 Å². The van der Waals surface area contributed by atoms with Gasteiger partial charge < -0.3 is 10.1 Å². The Morgan fingerprint density at radius 2 is 2.22 bits per heavy atom. The number of hydrogen-bond acceptors (Lipinski definition) is 5. The van der Waals surface area contributed by atoms with Crippen molar-refractivity contribution in [3.63, 3.8) is 0 Å². The maximum Gasteiger partial charge on any atom is 0.307 e. The van der Waals surface area contributed by atoms with Crippen LogP contribution in [-0.4, -0.2) is 48.0 Å². The summed E-state index contributed by atoms with van der Waals surface area (Å²) in [6.07, 6.45) is 1.82. The van der Waals surface area contributed by atoms with Crippen molar-refractivity contribution in [3.05, 3.63) is 42.1 Å². The van der Waals surface area contributed by atoms with Gasteiger partial charge in [-0.15, -0.1) is 0 Å². The second-order valence-corrected chi connectivity index (χ2v) is 5.55. The average molecular weight is 313 g/mol. The lowest BCUT2D eigenvalue weighted by atomic mass is 10.1. The van der Waals surface area contributed by atoms with Crippen molar-refractivity contribution in [2.24, 2.45) is 0 Å². The zero-order chi connectivity index (χ0) is 16.2. The van der Waals surface area contributed by atoms with Gasteiger partial charge in [0, 0.05) is 31.2 Å². The first-order valence-electron chi connectivity index (χ1n) is 7.60. The van der Waals surface area contributed by atoms with Crippen LogP contribution in [0.4, 0.5) is 0 Å². The fourth-order valence-corrected chi connectivity index (χ4v) is 2.93. The molecule has 0 bridgehead atoms. The summed E-state index contributed by atoms with van der Waals surface area (Å²) in [5, 5.41) is 3.88. The number of carbonyl (C=O) groups is 2. The van der Waals surface area contributed by atoms with E-state index >= 15 is 0 Å². The Bertz CT molecular complexity index is 727. The van der Waals surface area contributed by atoms with E-state index in [0.29, 0.717) is 19.6 Å². The lowest BCUT2D eigenvalue weighted by Crippen LogP contribution is -2.55. The van der Waals surface area contributed by atoms with E-state index in [1.807, 2.05) is 35.2 Å². The van der Waals surface area contributed by atoms with Gasteiger partial charge in [-0.3, -0.25) is 19.5 Å². The zero-order valence-electron chi connectivity index (χ0n) is 13.0. The van der Waals surface area contributed by atoms with E-state index < -0.39 is 6.04 Å². The molecule has 120 valence electrons. The number of fused-ring (bicyclic) bond motifs is 1. The summed E-state index contributed by atoms with van der Waals surface area (Å²) in [6, 6.07) is 9.42. The molecule has 1 aliphatic heterocycles. The van der Waals surface area contributed by atoms with Gasteiger partial charge in [0.1, 0.15) is 6.04 Å². The third-order valence-electron chi connectivity index (χ3n) is 4.12. The van der Waals surface area contributed by atoms with Gasteiger partial charge in [0.15, 0.2) is 0 Å². The van der Waals surface area contributed by atoms with Crippen molar-refractivity contribution in [1.29, 1.82) is 0 Å². The number of pyridine rings is 1. The molecule has 1 aliphatic rings. The largest absolute Gasteiger partial charge is 0.469 e. The van der Waals surface area contributed by atoms with Crippen molar-refractivity contribution >= 4 is 22.8 Å². The van der Waals surface area contributed by atoms with Crippen LogP contribution in [-0.2, 0) is 20.9 Å². The molecule has 2 aromatic rings. The number of methoxy groups -OCH3 is 1. The number of para-hydroxylation sites is 1. The normalized spacial score (nSPS) is 18.7. The van der Waals surface area contributed by atoms with Crippen molar-refractivity contribution in [2.45, 2.75) is 19.0 Å². The van der Waals surface area contributed by atoms with Crippen LogP contribution in [0.3, 0.4) is 0 Å². The van der Waals surface area contributed by atoms with Crippen LogP contribution in [0.2, 0.25) is 0 Å². The van der Waals surface area contributed by atoms with Crippen molar-refractivity contribution in [1.82, 2.24) is 15.2 Å². The summed E-state index contributed by atoms with van der Waals surface area (Å²) in [4.78, 5) is 30.2. The summed E-state index contributed by atoms with van der Waals surface area (Å²) in [5.41, 5.74) is 1.98. The van der Waals surface area contributed by atoms with Crippen LogP contribution in [0.15, 0.2) is 36.5 Å². The molecule has 0 aliphatic carbocycles. The molecule has 1 saturated heterocycles. The lowest BCUT2D eigenvalue weighted by Gasteiger charge is -2.34. The maximum absolute atomic E-state index is 12.1. The highest BCUT2D eigenvalue weighted by atomic mass is 16.5. The monoisotopic (exact) mass is 313 g/mol. The van der Waals surface area contributed by atoms with Crippen LogP contribution < -0.4 is 5.32 Å². The SMILES string of the molecule is COC(=O)C[C@@H]1C(=O)NCCN1Cc1cccc2cccnc12. The Labute approximate surface area is 134 Å². The van der Waals surface area contributed by atoms with Gasteiger partial charge in [-0.05, 0) is 11.6 Å². The van der Waals surface area contributed by atoms with Gasteiger partial charge in [-0.1, -0.05) is 24.3 Å². The minimum atomic E-state index is -0.504. The van der Waals surface area contributed by atoms with E-state index in [0.717, 1.165) is 16.5 Å². The van der Waals surface area contributed by atoms with E-state index in [1.165, 1.54) is 7.11 Å². The molecule has 3 rings (SSSR count). The van der Waals surface area contributed by atoms with Gasteiger partial charge >= 0.3 is 5.97 Å². The molecule has 23 heavy (non-hydrogen) atoms. The summed E-state index contributed by atoms with van der Waals surface area (Å²) in [7, 11) is 1.34. The maximum atomic E-state index is 12.1. The molecule has 6 nitrogen and oxygen atoms in total. The number of benzene rings is 1. The first-order chi connectivity index (χ1) is 11.2. The van der Waals surface area contributed by atoms with E-state index in [2.05, 4.69) is 10.3 Å². The second-order valence-electron chi connectivity index (χ2n) is 5.55. The summed E-state index contributed by atoms with van der Waals surface area (Å²) >= 11 is 0. The standard InChI is InChI=1S/C17H19N3O3/c1-23-15(21)10-14-17(22)19-8-9-20(14)11-13-5-2-4-12-6-3-7-18-16(12)13/h2-7,14H,8-11H2,1H3,(H,19,22)/t14-/m1/s1. The first-order valence-corrected chi connectivity index (χ1v) is 7.60. The molecular formula is C17H19N3O3.